The number of thiophene rings is 1. The number of rotatable bonds is 0. The highest BCUT2D eigenvalue weighted by Crippen LogP contribution is 2.50. The highest BCUT2D eigenvalue weighted by atomic mass is 32.1. The molecule has 0 aliphatic carbocycles. The molecular weight excluding hydrogens is 282 g/mol. The minimum Gasteiger partial charge on any atom is -0.425 e. The number of para-hydroxylation sites is 1. The number of ether oxygens (including phenoxy) is 1. The summed E-state index contributed by atoms with van der Waals surface area (Å²) in [7, 11) is 0. The number of carbonyl (C=O) groups is 1. The van der Waals surface area contributed by atoms with Crippen molar-refractivity contribution in [2.45, 2.75) is 5.41 Å². The first-order valence-electron chi connectivity index (χ1n) is 6.68. The molecule has 0 saturated carbocycles. The number of esters is 1. The molecular formula is C17H9NO2S. The van der Waals surface area contributed by atoms with Crippen molar-refractivity contribution in [2.75, 3.05) is 0 Å². The van der Waals surface area contributed by atoms with Gasteiger partial charge in [0.2, 0.25) is 0 Å². The molecule has 21 heavy (non-hydrogen) atoms. The predicted molar refractivity (Wildman–Crippen MR) is 82.8 cm³/mol. The van der Waals surface area contributed by atoms with E-state index in [0.717, 1.165) is 26.9 Å². The molecule has 1 atom stereocenters. The summed E-state index contributed by atoms with van der Waals surface area (Å²) in [6.07, 6.45) is 1.73. The van der Waals surface area contributed by atoms with Crippen LogP contribution in [-0.2, 0) is 10.2 Å². The lowest BCUT2D eigenvalue weighted by Crippen LogP contribution is -2.34. The van der Waals surface area contributed by atoms with Gasteiger partial charge in [0.25, 0.3) is 0 Å². The fourth-order valence-corrected chi connectivity index (χ4v) is 4.01. The molecule has 3 heterocycles. The predicted octanol–water partition coefficient (Wildman–Crippen LogP) is 3.82. The summed E-state index contributed by atoms with van der Waals surface area (Å²) < 4.78 is 6.71. The Kier molecular flexibility index (Phi) is 1.92. The largest absolute Gasteiger partial charge is 0.425 e. The summed E-state index contributed by atoms with van der Waals surface area (Å²) in [6.45, 7) is 0. The number of carbonyl (C=O) groups excluding carboxylic acids is 1. The lowest BCUT2D eigenvalue weighted by molar-refractivity contribution is -0.134. The van der Waals surface area contributed by atoms with Gasteiger partial charge in [-0.05, 0) is 35.0 Å². The maximum Gasteiger partial charge on any atom is 0.332 e. The van der Waals surface area contributed by atoms with Gasteiger partial charge in [-0.3, -0.25) is 4.99 Å². The van der Waals surface area contributed by atoms with E-state index in [4.69, 9.17) is 4.74 Å². The zero-order chi connectivity index (χ0) is 14.0. The Morgan fingerprint density at radius 3 is 2.95 bits per heavy atom. The number of hydrogen-bond donors (Lipinski definition) is 0. The Bertz CT molecular complexity index is 956. The minimum atomic E-state index is -0.871. The normalized spacial score (nSPS) is 21.8. The summed E-state index contributed by atoms with van der Waals surface area (Å²) in [6, 6.07) is 13.8. The van der Waals surface area contributed by atoms with E-state index < -0.39 is 5.41 Å². The second-order valence-electron chi connectivity index (χ2n) is 5.28. The van der Waals surface area contributed by atoms with Crippen LogP contribution in [0.25, 0.3) is 10.1 Å². The van der Waals surface area contributed by atoms with E-state index >= 15 is 0 Å². The van der Waals surface area contributed by atoms with Crippen LogP contribution in [0.15, 0.2) is 52.8 Å². The SMILES string of the molecule is O=C1Oc2cc3ccsc3cc2C12C=Nc1ccccc12. The molecule has 3 aromatic rings. The van der Waals surface area contributed by atoms with Gasteiger partial charge >= 0.3 is 5.97 Å². The van der Waals surface area contributed by atoms with E-state index in [9.17, 15) is 4.79 Å². The van der Waals surface area contributed by atoms with Gasteiger partial charge < -0.3 is 4.74 Å². The van der Waals surface area contributed by atoms with Gasteiger partial charge in [0.05, 0.1) is 5.69 Å². The molecule has 100 valence electrons. The zero-order valence-corrected chi connectivity index (χ0v) is 11.7. The van der Waals surface area contributed by atoms with E-state index in [0.29, 0.717) is 5.75 Å². The van der Waals surface area contributed by atoms with Crippen LogP contribution < -0.4 is 4.74 Å². The maximum absolute atomic E-state index is 12.6. The van der Waals surface area contributed by atoms with Crippen LogP contribution in [0.2, 0.25) is 0 Å². The molecule has 1 spiro atoms. The molecule has 1 unspecified atom stereocenters. The van der Waals surface area contributed by atoms with Gasteiger partial charge in [-0.25, -0.2) is 4.79 Å². The number of benzene rings is 2. The molecule has 0 fully saturated rings. The lowest BCUT2D eigenvalue weighted by Gasteiger charge is -2.18. The van der Waals surface area contributed by atoms with E-state index in [1.165, 1.54) is 0 Å². The van der Waals surface area contributed by atoms with Crippen molar-refractivity contribution in [3.8, 4) is 5.75 Å². The Labute approximate surface area is 124 Å². The van der Waals surface area contributed by atoms with E-state index in [2.05, 4.69) is 11.1 Å². The summed E-state index contributed by atoms with van der Waals surface area (Å²) in [5, 5.41) is 3.15. The van der Waals surface area contributed by atoms with Crippen molar-refractivity contribution in [1.82, 2.24) is 0 Å². The fraction of sp³-hybridized carbons (Fsp3) is 0.0588. The molecule has 1 aromatic heterocycles. The highest BCUT2D eigenvalue weighted by Gasteiger charge is 2.53. The van der Waals surface area contributed by atoms with E-state index in [1.54, 1.807) is 17.6 Å². The quantitative estimate of drug-likeness (QED) is 0.466. The number of fused-ring (bicyclic) bond motifs is 5. The van der Waals surface area contributed by atoms with Crippen molar-refractivity contribution in [3.05, 3.63) is 59.0 Å². The van der Waals surface area contributed by atoms with Crippen LogP contribution >= 0.6 is 11.3 Å². The van der Waals surface area contributed by atoms with Crippen molar-refractivity contribution in [3.63, 3.8) is 0 Å². The second-order valence-corrected chi connectivity index (χ2v) is 6.23. The van der Waals surface area contributed by atoms with Gasteiger partial charge in [-0.15, -0.1) is 11.3 Å². The third-order valence-corrected chi connectivity index (χ3v) is 5.11. The first-order valence-corrected chi connectivity index (χ1v) is 7.56. The third kappa shape index (κ3) is 1.24. The standard InChI is InChI=1S/C17H9NO2S/c19-16-17(9-18-13-4-2-1-3-11(13)17)12-8-15-10(5-6-21-15)7-14(12)20-16/h1-9H. The smallest absolute Gasteiger partial charge is 0.332 e. The van der Waals surface area contributed by atoms with Crippen LogP contribution in [0.1, 0.15) is 11.1 Å². The molecule has 2 aromatic carbocycles. The Hall–Kier alpha value is -2.46. The third-order valence-electron chi connectivity index (χ3n) is 4.23. The molecule has 2 aliphatic heterocycles. The van der Waals surface area contributed by atoms with Gasteiger partial charge in [0.15, 0.2) is 5.41 Å². The molecule has 0 amide bonds. The second kappa shape index (κ2) is 3.59. The topological polar surface area (TPSA) is 38.7 Å². The molecule has 0 bridgehead atoms. The summed E-state index contributed by atoms with van der Waals surface area (Å²) in [5.74, 6) is 0.387. The summed E-state index contributed by atoms with van der Waals surface area (Å²) in [4.78, 5) is 17.0. The Morgan fingerprint density at radius 2 is 2.00 bits per heavy atom. The molecule has 4 heteroatoms. The number of aliphatic imine (C=N–C) groups is 1. The van der Waals surface area contributed by atoms with Crippen molar-refractivity contribution < 1.29 is 9.53 Å². The van der Waals surface area contributed by atoms with Crippen LogP contribution in [-0.4, -0.2) is 12.2 Å². The Morgan fingerprint density at radius 1 is 1.10 bits per heavy atom. The van der Waals surface area contributed by atoms with Gasteiger partial charge in [0, 0.05) is 22.0 Å². The molecule has 2 aliphatic rings. The van der Waals surface area contributed by atoms with Crippen molar-refractivity contribution in [2.24, 2.45) is 4.99 Å². The van der Waals surface area contributed by atoms with E-state index in [1.807, 2.05) is 41.8 Å². The molecule has 5 rings (SSSR count). The zero-order valence-electron chi connectivity index (χ0n) is 10.9. The van der Waals surface area contributed by atoms with Crippen molar-refractivity contribution >= 4 is 39.3 Å². The maximum atomic E-state index is 12.6. The number of nitrogens with zero attached hydrogens (tertiary/aromatic N) is 1. The van der Waals surface area contributed by atoms with E-state index in [-0.39, 0.29) is 5.97 Å². The van der Waals surface area contributed by atoms with Gasteiger partial charge in [-0.2, -0.15) is 0 Å². The summed E-state index contributed by atoms with van der Waals surface area (Å²) in [5.41, 5.74) is 1.78. The fourth-order valence-electron chi connectivity index (χ4n) is 3.20. The van der Waals surface area contributed by atoms with Gasteiger partial charge in [0.1, 0.15) is 5.75 Å². The number of hydrogen-bond acceptors (Lipinski definition) is 4. The highest BCUT2D eigenvalue weighted by molar-refractivity contribution is 7.17. The average molecular weight is 291 g/mol. The van der Waals surface area contributed by atoms with Crippen LogP contribution in [0.5, 0.6) is 5.75 Å². The average Bonchev–Trinajstić information content (AvgIpc) is 3.16. The molecule has 0 N–H and O–H groups in total. The minimum absolute atomic E-state index is 0.260. The Balaban J connectivity index is 1.88. The van der Waals surface area contributed by atoms with Crippen molar-refractivity contribution in [1.29, 1.82) is 0 Å². The molecule has 0 saturated heterocycles. The van der Waals surface area contributed by atoms with Gasteiger partial charge in [-0.1, -0.05) is 18.2 Å². The molecule has 0 radical (unpaired) electrons. The monoisotopic (exact) mass is 291 g/mol. The first kappa shape index (κ1) is 11.2. The lowest BCUT2D eigenvalue weighted by atomic mass is 9.77. The summed E-state index contributed by atoms with van der Waals surface area (Å²) >= 11 is 1.67. The molecule has 3 nitrogen and oxygen atoms in total. The first-order chi connectivity index (χ1) is 10.3. The van der Waals surface area contributed by atoms with Crippen LogP contribution in [0.3, 0.4) is 0 Å². The van der Waals surface area contributed by atoms with Crippen LogP contribution in [0.4, 0.5) is 5.69 Å². The van der Waals surface area contributed by atoms with Crippen LogP contribution in [0, 0.1) is 0 Å².